The Hall–Kier alpha value is -0.980. The van der Waals surface area contributed by atoms with E-state index >= 15 is 0 Å². The summed E-state index contributed by atoms with van der Waals surface area (Å²) in [6, 6.07) is -1.00. The van der Waals surface area contributed by atoms with Crippen LogP contribution in [0.25, 0.3) is 0 Å². The van der Waals surface area contributed by atoms with Crippen molar-refractivity contribution in [1.82, 2.24) is 9.97 Å². The van der Waals surface area contributed by atoms with Crippen molar-refractivity contribution >= 4 is 21.9 Å². The molecule has 1 rings (SSSR count). The Balaban J connectivity index is 2.78. The highest BCUT2D eigenvalue weighted by atomic mass is 79.9. The Labute approximate surface area is 94.2 Å². The van der Waals surface area contributed by atoms with Gasteiger partial charge in [0, 0.05) is 0 Å². The summed E-state index contributed by atoms with van der Waals surface area (Å²) in [7, 11) is 1.44. The molecule has 84 valence electrons. The van der Waals surface area contributed by atoms with Gasteiger partial charge in [-0.05, 0) is 22.9 Å². The van der Waals surface area contributed by atoms with Crippen LogP contribution in [-0.2, 0) is 0 Å². The van der Waals surface area contributed by atoms with E-state index in [4.69, 9.17) is 4.74 Å². The summed E-state index contributed by atoms with van der Waals surface area (Å²) >= 11 is 3.16. The highest BCUT2D eigenvalue weighted by Gasteiger charge is 2.15. The molecule has 0 aromatic carbocycles. The average molecular weight is 282 g/mol. The molecular formula is C8H10BrF2N3O. The number of nitrogens with zero attached hydrogens (tertiary/aromatic N) is 2. The van der Waals surface area contributed by atoms with Crippen LogP contribution in [0.5, 0.6) is 5.88 Å². The van der Waals surface area contributed by atoms with E-state index in [-0.39, 0.29) is 5.95 Å². The number of methoxy groups -OCH3 is 1. The van der Waals surface area contributed by atoms with Crippen LogP contribution >= 0.6 is 15.9 Å². The van der Waals surface area contributed by atoms with Crippen molar-refractivity contribution < 1.29 is 13.5 Å². The number of anilines is 1. The second-order valence-corrected chi connectivity index (χ2v) is 3.67. The van der Waals surface area contributed by atoms with Gasteiger partial charge in [0.2, 0.25) is 11.8 Å². The molecule has 15 heavy (non-hydrogen) atoms. The molecule has 7 heteroatoms. The molecule has 1 atom stereocenters. The molecule has 0 bridgehead atoms. The van der Waals surface area contributed by atoms with Gasteiger partial charge in [-0.15, -0.1) is 0 Å². The summed E-state index contributed by atoms with van der Waals surface area (Å²) in [6.07, 6.45) is -1.03. The Morgan fingerprint density at radius 1 is 1.53 bits per heavy atom. The van der Waals surface area contributed by atoms with Crippen LogP contribution < -0.4 is 10.1 Å². The number of ether oxygens (including phenoxy) is 1. The molecule has 1 N–H and O–H groups in total. The summed E-state index contributed by atoms with van der Waals surface area (Å²) in [5.41, 5.74) is 0. The molecule has 0 saturated carbocycles. The van der Waals surface area contributed by atoms with Gasteiger partial charge in [0.1, 0.15) is 0 Å². The Morgan fingerprint density at radius 2 is 2.20 bits per heavy atom. The van der Waals surface area contributed by atoms with E-state index in [0.717, 1.165) is 0 Å². The van der Waals surface area contributed by atoms with E-state index in [1.165, 1.54) is 20.2 Å². The summed E-state index contributed by atoms with van der Waals surface area (Å²) in [4.78, 5) is 7.72. The zero-order chi connectivity index (χ0) is 11.4. The van der Waals surface area contributed by atoms with Crippen molar-refractivity contribution in [3.63, 3.8) is 0 Å². The molecule has 0 aliphatic rings. The maximum absolute atomic E-state index is 12.2. The lowest BCUT2D eigenvalue weighted by molar-refractivity contribution is 0.130. The van der Waals surface area contributed by atoms with Crippen LogP contribution in [0, 0.1) is 0 Å². The Morgan fingerprint density at radius 3 is 2.73 bits per heavy atom. The van der Waals surface area contributed by atoms with E-state index in [1.54, 1.807) is 0 Å². The fourth-order valence-electron chi connectivity index (χ4n) is 0.831. The largest absolute Gasteiger partial charge is 0.480 e. The molecule has 0 radical (unpaired) electrons. The number of nitrogens with one attached hydrogen (secondary N) is 1. The third-order valence-corrected chi connectivity index (χ3v) is 2.18. The first-order chi connectivity index (χ1) is 7.04. The van der Waals surface area contributed by atoms with E-state index in [2.05, 4.69) is 31.2 Å². The number of hydrogen-bond acceptors (Lipinski definition) is 4. The van der Waals surface area contributed by atoms with Crippen molar-refractivity contribution in [3.05, 3.63) is 10.7 Å². The molecule has 1 unspecified atom stereocenters. The van der Waals surface area contributed by atoms with Gasteiger partial charge in [0.05, 0.1) is 23.8 Å². The van der Waals surface area contributed by atoms with Gasteiger partial charge in [-0.3, -0.25) is 0 Å². The van der Waals surface area contributed by atoms with E-state index in [0.29, 0.717) is 10.4 Å². The van der Waals surface area contributed by atoms with Gasteiger partial charge < -0.3 is 10.1 Å². The summed E-state index contributed by atoms with van der Waals surface area (Å²) in [5.74, 6) is 0.414. The zero-order valence-corrected chi connectivity index (χ0v) is 9.75. The van der Waals surface area contributed by atoms with Gasteiger partial charge in [-0.2, -0.15) is 4.98 Å². The normalized spacial score (nSPS) is 12.7. The van der Waals surface area contributed by atoms with Gasteiger partial charge in [-0.1, -0.05) is 0 Å². The molecule has 1 aromatic rings. The Kier molecular flexibility index (Phi) is 4.19. The topological polar surface area (TPSA) is 47.0 Å². The smallest absolute Gasteiger partial charge is 0.258 e. The number of alkyl halides is 2. The zero-order valence-electron chi connectivity index (χ0n) is 8.17. The van der Waals surface area contributed by atoms with Crippen LogP contribution in [-0.4, -0.2) is 29.5 Å². The second kappa shape index (κ2) is 5.20. The minimum Gasteiger partial charge on any atom is -0.480 e. The van der Waals surface area contributed by atoms with Crippen LogP contribution in [0.15, 0.2) is 10.7 Å². The fraction of sp³-hybridized carbons (Fsp3) is 0.500. The van der Waals surface area contributed by atoms with Crippen molar-refractivity contribution in [2.75, 3.05) is 12.4 Å². The molecule has 0 aliphatic heterocycles. The lowest BCUT2D eigenvalue weighted by Gasteiger charge is -2.12. The maximum atomic E-state index is 12.2. The minimum absolute atomic E-state index is 0.114. The predicted octanol–water partition coefficient (Wildman–Crippen LogP) is 2.31. The molecule has 0 spiro atoms. The lowest BCUT2D eigenvalue weighted by Crippen LogP contribution is -2.25. The lowest BCUT2D eigenvalue weighted by atomic mass is 10.4. The molecule has 4 nitrogen and oxygen atoms in total. The van der Waals surface area contributed by atoms with Crippen molar-refractivity contribution in [2.24, 2.45) is 0 Å². The van der Waals surface area contributed by atoms with E-state index < -0.39 is 12.5 Å². The first-order valence-corrected chi connectivity index (χ1v) is 4.95. The standard InChI is InChI=1S/C8H10BrF2N3O/c1-4(6(10)11)13-8-12-3-5(9)7(14-8)15-2/h3-4,6H,1-2H3,(H,12,13,14). The Bertz CT molecular complexity index is 338. The van der Waals surface area contributed by atoms with Crippen molar-refractivity contribution in [3.8, 4) is 5.88 Å². The number of hydrogen-bond donors (Lipinski definition) is 1. The van der Waals surface area contributed by atoms with E-state index in [9.17, 15) is 8.78 Å². The average Bonchev–Trinajstić information content (AvgIpc) is 2.20. The van der Waals surface area contributed by atoms with E-state index in [1.807, 2.05) is 0 Å². The maximum Gasteiger partial charge on any atom is 0.258 e. The molecule has 0 saturated heterocycles. The molecule has 1 heterocycles. The first-order valence-electron chi connectivity index (χ1n) is 4.15. The van der Waals surface area contributed by atoms with Gasteiger partial charge in [-0.25, -0.2) is 13.8 Å². The van der Waals surface area contributed by atoms with Crippen LogP contribution in [0.4, 0.5) is 14.7 Å². The van der Waals surface area contributed by atoms with Crippen LogP contribution in [0.1, 0.15) is 6.92 Å². The summed E-state index contributed by atoms with van der Waals surface area (Å²) in [6.45, 7) is 1.35. The van der Waals surface area contributed by atoms with Crippen molar-refractivity contribution in [1.29, 1.82) is 0 Å². The molecule has 1 aromatic heterocycles. The SMILES string of the molecule is COc1nc(NC(C)C(F)F)ncc1Br. The monoisotopic (exact) mass is 281 g/mol. The van der Waals surface area contributed by atoms with Crippen LogP contribution in [0.2, 0.25) is 0 Å². The second-order valence-electron chi connectivity index (χ2n) is 2.82. The van der Waals surface area contributed by atoms with Gasteiger partial charge in [0.25, 0.3) is 6.43 Å². The third kappa shape index (κ3) is 3.26. The van der Waals surface area contributed by atoms with Gasteiger partial charge >= 0.3 is 0 Å². The predicted molar refractivity (Wildman–Crippen MR) is 55.4 cm³/mol. The summed E-state index contributed by atoms with van der Waals surface area (Å²) < 4.78 is 29.9. The van der Waals surface area contributed by atoms with Crippen LogP contribution in [0.3, 0.4) is 0 Å². The quantitative estimate of drug-likeness (QED) is 0.920. The molecule has 0 fully saturated rings. The van der Waals surface area contributed by atoms with Gasteiger partial charge in [0.15, 0.2) is 0 Å². The number of halogens is 3. The summed E-state index contributed by atoms with van der Waals surface area (Å²) in [5, 5.41) is 2.47. The number of rotatable bonds is 4. The van der Waals surface area contributed by atoms with Crippen molar-refractivity contribution in [2.45, 2.75) is 19.4 Å². The first kappa shape index (κ1) is 12.1. The molecule has 0 aliphatic carbocycles. The fourth-order valence-corrected chi connectivity index (χ4v) is 1.18. The highest BCUT2D eigenvalue weighted by molar-refractivity contribution is 9.10. The highest BCUT2D eigenvalue weighted by Crippen LogP contribution is 2.22. The number of aromatic nitrogens is 2. The molecule has 0 amide bonds. The third-order valence-electron chi connectivity index (χ3n) is 1.64. The molecular weight excluding hydrogens is 272 g/mol. The minimum atomic E-state index is -2.47.